The number of ether oxygens (including phenoxy) is 1. The minimum atomic E-state index is -0.452. The molecular formula is C34H42N2O3S. The van der Waals surface area contributed by atoms with Crippen LogP contribution in [0.1, 0.15) is 104 Å². The molecule has 3 aliphatic carbocycles. The number of aliphatic hydroxyl groups is 1. The van der Waals surface area contributed by atoms with E-state index in [9.17, 15) is 9.90 Å². The Morgan fingerprint density at radius 1 is 1.05 bits per heavy atom. The summed E-state index contributed by atoms with van der Waals surface area (Å²) in [7, 11) is 1.69. The first-order valence-electron chi connectivity index (χ1n) is 15.2. The summed E-state index contributed by atoms with van der Waals surface area (Å²) >= 11 is 1.80. The molecule has 0 aliphatic heterocycles. The van der Waals surface area contributed by atoms with Gasteiger partial charge >= 0.3 is 0 Å². The van der Waals surface area contributed by atoms with Gasteiger partial charge in [-0.15, -0.1) is 11.3 Å². The van der Waals surface area contributed by atoms with E-state index in [2.05, 4.69) is 48.6 Å². The number of hydrogen-bond donors (Lipinski definition) is 2. The summed E-state index contributed by atoms with van der Waals surface area (Å²) in [6, 6.07) is 14.8. The maximum absolute atomic E-state index is 13.5. The van der Waals surface area contributed by atoms with Crippen LogP contribution < -0.4 is 10.1 Å². The highest BCUT2D eigenvalue weighted by molar-refractivity contribution is 7.15. The molecule has 0 radical (unpaired) electrons. The van der Waals surface area contributed by atoms with Gasteiger partial charge in [0.05, 0.1) is 29.1 Å². The van der Waals surface area contributed by atoms with Gasteiger partial charge in [0.1, 0.15) is 5.75 Å². The van der Waals surface area contributed by atoms with Gasteiger partial charge in [-0.05, 0) is 92.2 Å². The largest absolute Gasteiger partial charge is 0.496 e. The van der Waals surface area contributed by atoms with Gasteiger partial charge in [-0.25, -0.2) is 4.98 Å². The van der Waals surface area contributed by atoms with Gasteiger partial charge in [0.2, 0.25) is 5.91 Å². The van der Waals surface area contributed by atoms with Crippen molar-refractivity contribution in [1.82, 2.24) is 10.3 Å². The van der Waals surface area contributed by atoms with E-state index in [4.69, 9.17) is 9.72 Å². The van der Waals surface area contributed by atoms with E-state index < -0.39 is 6.10 Å². The Balaban J connectivity index is 1.24. The molecule has 2 aromatic carbocycles. The van der Waals surface area contributed by atoms with Crippen LogP contribution in [0.3, 0.4) is 0 Å². The normalized spacial score (nSPS) is 24.4. The second-order valence-corrected chi connectivity index (χ2v) is 13.3. The van der Waals surface area contributed by atoms with Crippen molar-refractivity contribution in [3.63, 3.8) is 0 Å². The number of amides is 1. The number of carbonyl (C=O) groups excluding carboxylic acids is 1. The summed E-state index contributed by atoms with van der Waals surface area (Å²) in [5, 5.41) is 16.2. The molecular weight excluding hydrogens is 516 g/mol. The van der Waals surface area contributed by atoms with Gasteiger partial charge in [-0.2, -0.15) is 0 Å². The monoisotopic (exact) mass is 558 g/mol. The number of hydrogen-bond acceptors (Lipinski definition) is 5. The Morgan fingerprint density at radius 3 is 2.60 bits per heavy atom. The summed E-state index contributed by atoms with van der Waals surface area (Å²) in [6.45, 7) is 2.06. The Hall–Kier alpha value is -2.70. The molecule has 4 unspecified atom stereocenters. The number of aliphatic hydroxyl groups excluding tert-OH is 1. The molecule has 3 saturated carbocycles. The van der Waals surface area contributed by atoms with Gasteiger partial charge < -0.3 is 15.2 Å². The maximum Gasteiger partial charge on any atom is 0.223 e. The lowest BCUT2D eigenvalue weighted by molar-refractivity contribution is -0.127. The molecule has 212 valence electrons. The molecule has 5 nitrogen and oxygen atoms in total. The first-order valence-corrected chi connectivity index (χ1v) is 16.0. The number of nitrogens with one attached hydrogen (secondary N) is 1. The molecule has 40 heavy (non-hydrogen) atoms. The lowest BCUT2D eigenvalue weighted by atomic mass is 9.72. The molecule has 6 heteroatoms. The van der Waals surface area contributed by atoms with Crippen molar-refractivity contribution in [3.8, 4) is 16.2 Å². The smallest absolute Gasteiger partial charge is 0.223 e. The summed E-state index contributed by atoms with van der Waals surface area (Å²) in [6.07, 6.45) is 12.1. The van der Waals surface area contributed by atoms with Crippen molar-refractivity contribution in [2.24, 2.45) is 11.8 Å². The summed E-state index contributed by atoms with van der Waals surface area (Å²) in [5.41, 5.74) is 4.57. The van der Waals surface area contributed by atoms with Crippen molar-refractivity contribution in [1.29, 1.82) is 0 Å². The second-order valence-electron chi connectivity index (χ2n) is 12.3. The van der Waals surface area contributed by atoms with Gasteiger partial charge in [-0.1, -0.05) is 49.6 Å². The predicted octanol–water partition coefficient (Wildman–Crippen LogP) is 7.69. The zero-order valence-corrected chi connectivity index (χ0v) is 24.6. The van der Waals surface area contributed by atoms with E-state index in [0.29, 0.717) is 12.3 Å². The third-order valence-corrected chi connectivity index (χ3v) is 10.6. The molecule has 6 rings (SSSR count). The number of aromatic nitrogens is 1. The van der Waals surface area contributed by atoms with Gasteiger partial charge in [0.15, 0.2) is 0 Å². The first kappa shape index (κ1) is 27.5. The number of thiazole rings is 1. The van der Waals surface area contributed by atoms with Gasteiger partial charge in [-0.3, -0.25) is 4.79 Å². The van der Waals surface area contributed by atoms with Crippen LogP contribution in [0.4, 0.5) is 0 Å². The minimum absolute atomic E-state index is 0.0972. The lowest BCUT2D eigenvalue weighted by Crippen LogP contribution is -2.41. The Kier molecular flexibility index (Phi) is 8.27. The highest BCUT2D eigenvalue weighted by Gasteiger charge is 2.37. The van der Waals surface area contributed by atoms with Crippen LogP contribution in [-0.2, 0) is 4.79 Å². The van der Waals surface area contributed by atoms with E-state index in [1.54, 1.807) is 18.4 Å². The summed E-state index contributed by atoms with van der Waals surface area (Å²) < 4.78 is 5.45. The minimum Gasteiger partial charge on any atom is -0.496 e. The number of aryl methyl sites for hydroxylation is 1. The number of benzene rings is 2. The van der Waals surface area contributed by atoms with E-state index >= 15 is 0 Å². The molecule has 4 atom stereocenters. The average molecular weight is 559 g/mol. The fourth-order valence-electron chi connectivity index (χ4n) is 6.94. The van der Waals surface area contributed by atoms with Crippen LogP contribution in [0.5, 0.6) is 5.75 Å². The zero-order valence-electron chi connectivity index (χ0n) is 23.8. The van der Waals surface area contributed by atoms with Crippen molar-refractivity contribution >= 4 is 17.2 Å². The van der Waals surface area contributed by atoms with Crippen molar-refractivity contribution in [3.05, 3.63) is 70.4 Å². The molecule has 0 saturated heterocycles. The van der Waals surface area contributed by atoms with E-state index in [-0.39, 0.29) is 29.7 Å². The van der Waals surface area contributed by atoms with Gasteiger partial charge in [0.25, 0.3) is 0 Å². The number of nitrogens with zero attached hydrogens (tertiary/aromatic N) is 1. The maximum atomic E-state index is 13.5. The van der Waals surface area contributed by atoms with Crippen LogP contribution in [0.15, 0.2) is 48.7 Å². The van der Waals surface area contributed by atoms with Gasteiger partial charge in [0, 0.05) is 24.0 Å². The quantitative estimate of drug-likeness (QED) is 0.297. The highest BCUT2D eigenvalue weighted by atomic mass is 32.1. The molecule has 1 heterocycles. The molecule has 3 fully saturated rings. The fourth-order valence-corrected chi connectivity index (χ4v) is 8.02. The number of methoxy groups -OCH3 is 1. The highest BCUT2D eigenvalue weighted by Crippen LogP contribution is 2.45. The summed E-state index contributed by atoms with van der Waals surface area (Å²) in [5.74, 6) is 2.09. The molecule has 0 bridgehead atoms. The number of rotatable bonds is 8. The zero-order chi connectivity index (χ0) is 27.6. The molecule has 2 N–H and O–H groups in total. The fraction of sp³-hybridized carbons (Fsp3) is 0.529. The Bertz CT molecular complexity index is 1330. The molecule has 0 spiro atoms. The van der Waals surface area contributed by atoms with Crippen LogP contribution >= 0.6 is 11.3 Å². The van der Waals surface area contributed by atoms with Crippen LogP contribution in [0.2, 0.25) is 0 Å². The standard InChI is InChI=1S/C34H42N2O3S/c1-21-17-24(14-16-30(21)39-2)28-15-13-27(19-29(28)37)32(36-33(38)22-7-4-3-5-8-22)26-10-6-9-25(18-26)31-20-35-34(40-31)23-11-12-23/h6,9-10,14,16-18,20,22-23,27-29,32,37H,3-5,7-8,11-13,15,19H2,1-2H3,(H,36,38). The van der Waals surface area contributed by atoms with Crippen molar-refractivity contribution in [2.75, 3.05) is 7.11 Å². The van der Waals surface area contributed by atoms with Crippen LogP contribution in [-0.4, -0.2) is 29.2 Å². The average Bonchev–Trinajstić information content (AvgIpc) is 3.72. The SMILES string of the molecule is COc1ccc(C2CCC(C(NC(=O)C3CCCCC3)c3cccc(-c4cnc(C5CC5)s4)c3)CC2O)cc1C. The molecule has 3 aliphatic rings. The lowest BCUT2D eigenvalue weighted by Gasteiger charge is -2.38. The van der Waals surface area contributed by atoms with Crippen LogP contribution in [0.25, 0.3) is 10.4 Å². The third kappa shape index (κ3) is 5.99. The molecule has 1 aromatic heterocycles. The Labute approximate surface area is 242 Å². The molecule has 3 aromatic rings. The Morgan fingerprint density at radius 2 is 1.88 bits per heavy atom. The van der Waals surface area contributed by atoms with Crippen molar-refractivity contribution in [2.45, 2.75) is 95.1 Å². The van der Waals surface area contributed by atoms with E-state index in [1.807, 2.05) is 12.3 Å². The topological polar surface area (TPSA) is 71.5 Å². The van der Waals surface area contributed by atoms with E-state index in [0.717, 1.165) is 55.4 Å². The van der Waals surface area contributed by atoms with Crippen molar-refractivity contribution < 1.29 is 14.6 Å². The second kappa shape index (κ2) is 12.0. The van der Waals surface area contributed by atoms with Crippen LogP contribution in [0, 0.1) is 18.8 Å². The summed E-state index contributed by atoms with van der Waals surface area (Å²) in [4.78, 5) is 19.4. The molecule has 1 amide bonds. The van der Waals surface area contributed by atoms with E-state index in [1.165, 1.54) is 40.3 Å². The first-order chi connectivity index (χ1) is 19.5. The predicted molar refractivity (Wildman–Crippen MR) is 161 cm³/mol. The number of carbonyl (C=O) groups is 1. The third-order valence-electron chi connectivity index (χ3n) is 9.43.